The predicted molar refractivity (Wildman–Crippen MR) is 103 cm³/mol. The van der Waals surface area contributed by atoms with Crippen molar-refractivity contribution in [1.29, 1.82) is 0 Å². The van der Waals surface area contributed by atoms with E-state index in [9.17, 15) is 13.6 Å². The highest BCUT2D eigenvalue weighted by Crippen LogP contribution is 2.18. The third-order valence-corrected chi connectivity index (χ3v) is 5.12. The highest BCUT2D eigenvalue weighted by Gasteiger charge is 2.27. The van der Waals surface area contributed by atoms with E-state index in [1.54, 1.807) is 36.2 Å². The van der Waals surface area contributed by atoms with Crippen LogP contribution in [0.3, 0.4) is 0 Å². The zero-order chi connectivity index (χ0) is 19.4. The minimum absolute atomic E-state index is 0.0505. The Labute approximate surface area is 159 Å². The largest absolute Gasteiger partial charge is 0.369 e. The zero-order valence-corrected chi connectivity index (χ0v) is 15.7. The van der Waals surface area contributed by atoms with Crippen molar-refractivity contribution in [2.75, 3.05) is 38.1 Å². The molecule has 1 amide bonds. The van der Waals surface area contributed by atoms with Crippen LogP contribution in [0.5, 0.6) is 0 Å². The molecule has 0 spiro atoms. The van der Waals surface area contributed by atoms with Gasteiger partial charge in [0.1, 0.15) is 11.6 Å². The third-order valence-electron chi connectivity index (χ3n) is 5.12. The minimum atomic E-state index is -0.278. The number of anilines is 1. The van der Waals surface area contributed by atoms with E-state index in [2.05, 4.69) is 9.80 Å². The Kier molecular flexibility index (Phi) is 6.06. The monoisotopic (exact) mass is 373 g/mol. The second-order valence-corrected chi connectivity index (χ2v) is 7.00. The molecule has 0 aliphatic carbocycles. The van der Waals surface area contributed by atoms with Crippen LogP contribution in [-0.2, 0) is 11.3 Å². The standard InChI is InChI=1S/C21H25F2N3O/c1-16(21(27)24(2)15-17-3-5-18(22)6-4-17)25-11-13-26(14-12-25)20-9-7-19(23)8-10-20/h3-10,16H,11-15H2,1-2H3. The number of hydrogen-bond acceptors (Lipinski definition) is 3. The smallest absolute Gasteiger partial charge is 0.239 e. The van der Waals surface area contributed by atoms with Crippen molar-refractivity contribution < 1.29 is 13.6 Å². The lowest BCUT2D eigenvalue weighted by Crippen LogP contribution is -2.54. The first-order valence-electron chi connectivity index (χ1n) is 9.18. The van der Waals surface area contributed by atoms with E-state index in [0.717, 1.165) is 37.4 Å². The molecule has 2 aromatic carbocycles. The molecule has 1 fully saturated rings. The normalized spacial score (nSPS) is 16.2. The molecular formula is C21H25F2N3O. The quantitative estimate of drug-likeness (QED) is 0.806. The molecule has 0 N–H and O–H groups in total. The van der Waals surface area contributed by atoms with Crippen LogP contribution in [0.15, 0.2) is 48.5 Å². The molecule has 6 heteroatoms. The Morgan fingerprint density at radius 3 is 2.04 bits per heavy atom. The second-order valence-electron chi connectivity index (χ2n) is 7.00. The summed E-state index contributed by atoms with van der Waals surface area (Å²) >= 11 is 0. The number of nitrogens with zero attached hydrogens (tertiary/aromatic N) is 3. The van der Waals surface area contributed by atoms with Crippen LogP contribution in [-0.4, -0.2) is 55.0 Å². The van der Waals surface area contributed by atoms with Gasteiger partial charge in [-0.3, -0.25) is 9.69 Å². The van der Waals surface area contributed by atoms with Crippen LogP contribution in [0.25, 0.3) is 0 Å². The average Bonchev–Trinajstić information content (AvgIpc) is 2.69. The number of halogens is 2. The Bertz CT molecular complexity index is 756. The molecule has 1 atom stereocenters. The molecular weight excluding hydrogens is 348 g/mol. The van der Waals surface area contributed by atoms with E-state index in [4.69, 9.17) is 0 Å². The van der Waals surface area contributed by atoms with Gasteiger partial charge in [-0.25, -0.2) is 8.78 Å². The summed E-state index contributed by atoms with van der Waals surface area (Å²) in [5.74, 6) is -0.463. The second kappa shape index (κ2) is 8.48. The Morgan fingerprint density at radius 1 is 0.963 bits per heavy atom. The number of carbonyl (C=O) groups is 1. The van der Waals surface area contributed by atoms with Gasteiger partial charge in [-0.05, 0) is 48.9 Å². The maximum Gasteiger partial charge on any atom is 0.239 e. The Hall–Kier alpha value is -2.47. The fourth-order valence-corrected chi connectivity index (χ4v) is 3.44. The summed E-state index contributed by atoms with van der Waals surface area (Å²) in [4.78, 5) is 18.8. The van der Waals surface area contributed by atoms with Crippen LogP contribution in [0, 0.1) is 11.6 Å². The van der Waals surface area contributed by atoms with Crippen LogP contribution in [0.1, 0.15) is 12.5 Å². The van der Waals surface area contributed by atoms with E-state index in [0.29, 0.717) is 6.54 Å². The van der Waals surface area contributed by atoms with E-state index in [-0.39, 0.29) is 23.6 Å². The Balaban J connectivity index is 1.53. The first-order valence-corrected chi connectivity index (χ1v) is 9.18. The molecule has 2 aromatic rings. The first-order chi connectivity index (χ1) is 12.9. The summed E-state index contributed by atoms with van der Waals surface area (Å²) in [6.45, 7) is 5.52. The van der Waals surface area contributed by atoms with Crippen molar-refractivity contribution in [2.24, 2.45) is 0 Å². The first kappa shape index (κ1) is 19.3. The summed E-state index contributed by atoms with van der Waals surface area (Å²) in [5, 5.41) is 0. The molecule has 27 heavy (non-hydrogen) atoms. The molecule has 1 saturated heterocycles. The van der Waals surface area contributed by atoms with Gasteiger partial charge in [0, 0.05) is 45.5 Å². The number of amides is 1. The van der Waals surface area contributed by atoms with Crippen molar-refractivity contribution in [3.05, 3.63) is 65.7 Å². The lowest BCUT2D eigenvalue weighted by molar-refractivity contribution is -0.135. The van der Waals surface area contributed by atoms with Crippen molar-refractivity contribution in [2.45, 2.75) is 19.5 Å². The lowest BCUT2D eigenvalue weighted by Gasteiger charge is -2.39. The van der Waals surface area contributed by atoms with E-state index >= 15 is 0 Å². The van der Waals surface area contributed by atoms with Crippen molar-refractivity contribution in [3.63, 3.8) is 0 Å². The van der Waals surface area contributed by atoms with Crippen molar-refractivity contribution in [1.82, 2.24) is 9.80 Å². The van der Waals surface area contributed by atoms with Crippen LogP contribution < -0.4 is 4.90 Å². The number of benzene rings is 2. The van der Waals surface area contributed by atoms with Crippen molar-refractivity contribution in [3.8, 4) is 0 Å². The van der Waals surface area contributed by atoms with Gasteiger partial charge in [0.05, 0.1) is 6.04 Å². The van der Waals surface area contributed by atoms with Gasteiger partial charge in [0.2, 0.25) is 5.91 Å². The van der Waals surface area contributed by atoms with Gasteiger partial charge in [-0.15, -0.1) is 0 Å². The Morgan fingerprint density at radius 2 is 1.48 bits per heavy atom. The van der Waals surface area contributed by atoms with Gasteiger partial charge >= 0.3 is 0 Å². The fourth-order valence-electron chi connectivity index (χ4n) is 3.44. The van der Waals surface area contributed by atoms with E-state index < -0.39 is 0 Å². The topological polar surface area (TPSA) is 26.8 Å². The number of rotatable bonds is 5. The molecule has 3 rings (SSSR count). The molecule has 1 unspecified atom stereocenters. The van der Waals surface area contributed by atoms with E-state index in [1.807, 2.05) is 6.92 Å². The highest BCUT2D eigenvalue weighted by molar-refractivity contribution is 5.81. The summed E-state index contributed by atoms with van der Waals surface area (Å²) < 4.78 is 26.1. The number of hydrogen-bond donors (Lipinski definition) is 0. The SMILES string of the molecule is CC(C(=O)N(C)Cc1ccc(F)cc1)N1CCN(c2ccc(F)cc2)CC1. The molecule has 4 nitrogen and oxygen atoms in total. The highest BCUT2D eigenvalue weighted by atomic mass is 19.1. The van der Waals surface area contributed by atoms with Crippen LogP contribution in [0.2, 0.25) is 0 Å². The molecule has 0 saturated carbocycles. The number of carbonyl (C=O) groups excluding carboxylic acids is 1. The van der Waals surface area contributed by atoms with Gasteiger partial charge in [-0.2, -0.15) is 0 Å². The minimum Gasteiger partial charge on any atom is -0.369 e. The maximum absolute atomic E-state index is 13.1. The molecule has 0 aromatic heterocycles. The van der Waals surface area contributed by atoms with Gasteiger partial charge in [0.15, 0.2) is 0 Å². The van der Waals surface area contributed by atoms with Gasteiger partial charge in [0.25, 0.3) is 0 Å². The molecule has 0 radical (unpaired) electrons. The average molecular weight is 373 g/mol. The molecule has 144 valence electrons. The van der Waals surface area contributed by atoms with Crippen LogP contribution in [0.4, 0.5) is 14.5 Å². The zero-order valence-electron chi connectivity index (χ0n) is 15.7. The van der Waals surface area contributed by atoms with Crippen molar-refractivity contribution >= 4 is 11.6 Å². The molecule has 0 bridgehead atoms. The number of likely N-dealkylation sites (N-methyl/N-ethyl adjacent to an activating group) is 1. The summed E-state index contributed by atoms with van der Waals surface area (Å²) in [5.41, 5.74) is 1.91. The molecule has 1 aliphatic heterocycles. The molecule has 1 aliphatic rings. The fraction of sp³-hybridized carbons (Fsp3) is 0.381. The molecule has 1 heterocycles. The van der Waals surface area contributed by atoms with Gasteiger partial charge < -0.3 is 9.80 Å². The summed E-state index contributed by atoms with van der Waals surface area (Å²) in [6.07, 6.45) is 0. The lowest BCUT2D eigenvalue weighted by atomic mass is 10.1. The van der Waals surface area contributed by atoms with Crippen LogP contribution >= 0.6 is 0 Å². The van der Waals surface area contributed by atoms with E-state index in [1.165, 1.54) is 24.3 Å². The summed E-state index contributed by atoms with van der Waals surface area (Å²) in [7, 11) is 1.77. The maximum atomic E-state index is 13.1. The summed E-state index contributed by atoms with van der Waals surface area (Å²) in [6, 6.07) is 12.5. The van der Waals surface area contributed by atoms with Gasteiger partial charge in [-0.1, -0.05) is 12.1 Å². The predicted octanol–water partition coefficient (Wildman–Crippen LogP) is 3.13. The number of piperazine rings is 1. The third kappa shape index (κ3) is 4.83.